The highest BCUT2D eigenvalue weighted by molar-refractivity contribution is 9.10. The number of ether oxygens (including phenoxy) is 1. The van der Waals surface area contributed by atoms with E-state index >= 15 is 0 Å². The molecule has 0 fully saturated rings. The van der Waals surface area contributed by atoms with E-state index in [-0.39, 0.29) is 0 Å². The Labute approximate surface area is 95.8 Å². The Bertz CT molecular complexity index is 482. The van der Waals surface area contributed by atoms with Crippen LogP contribution in [-0.2, 0) is 4.74 Å². The molecule has 0 aliphatic rings. The van der Waals surface area contributed by atoms with Crippen molar-refractivity contribution in [3.05, 3.63) is 40.6 Å². The van der Waals surface area contributed by atoms with Crippen molar-refractivity contribution in [1.29, 1.82) is 0 Å². The number of halogens is 1. The lowest BCUT2D eigenvalue weighted by Gasteiger charge is -2.12. The summed E-state index contributed by atoms with van der Waals surface area (Å²) in [5, 5.41) is 11.6. The monoisotopic (exact) mass is 267 g/mol. The second-order valence-electron chi connectivity index (χ2n) is 3.15. The third-order valence-electron chi connectivity index (χ3n) is 2.25. The maximum Gasteiger partial charge on any atom is 0.182 e. The van der Waals surface area contributed by atoms with Gasteiger partial charge in [0, 0.05) is 40.3 Å². The molecule has 1 unspecified atom stereocenters. The highest BCUT2D eigenvalue weighted by Crippen LogP contribution is 2.29. The molecule has 1 aromatic carbocycles. The second-order valence-corrected chi connectivity index (χ2v) is 4.01. The van der Waals surface area contributed by atoms with Crippen molar-refractivity contribution in [1.82, 2.24) is 4.98 Å². The van der Waals surface area contributed by atoms with Gasteiger partial charge in [0.25, 0.3) is 0 Å². The van der Waals surface area contributed by atoms with Crippen LogP contribution >= 0.6 is 15.9 Å². The van der Waals surface area contributed by atoms with Crippen molar-refractivity contribution < 1.29 is 9.84 Å². The molecule has 1 atom stereocenters. The van der Waals surface area contributed by atoms with E-state index in [1.54, 1.807) is 12.4 Å². The molecule has 0 saturated carbocycles. The summed E-state index contributed by atoms with van der Waals surface area (Å²) in [5.41, 5.74) is 0.669. The maximum absolute atomic E-state index is 9.67. The highest BCUT2D eigenvalue weighted by atomic mass is 79.9. The van der Waals surface area contributed by atoms with Crippen molar-refractivity contribution >= 4 is 26.7 Å². The van der Waals surface area contributed by atoms with Gasteiger partial charge in [0.15, 0.2) is 6.29 Å². The molecule has 78 valence electrons. The van der Waals surface area contributed by atoms with Gasteiger partial charge in [-0.3, -0.25) is 4.98 Å². The van der Waals surface area contributed by atoms with Crippen LogP contribution in [0.1, 0.15) is 11.9 Å². The van der Waals surface area contributed by atoms with Crippen LogP contribution in [0.3, 0.4) is 0 Å². The van der Waals surface area contributed by atoms with Gasteiger partial charge >= 0.3 is 0 Å². The number of hydrogen-bond acceptors (Lipinski definition) is 3. The van der Waals surface area contributed by atoms with Gasteiger partial charge in [-0.15, -0.1) is 0 Å². The minimum Gasteiger partial charge on any atom is -0.364 e. The number of nitrogens with zero attached hydrogens (tertiary/aromatic N) is 1. The Hall–Kier alpha value is -0.970. The molecule has 1 N–H and O–H groups in total. The zero-order chi connectivity index (χ0) is 10.8. The quantitative estimate of drug-likeness (QED) is 0.851. The summed E-state index contributed by atoms with van der Waals surface area (Å²) in [6.45, 7) is 0. The van der Waals surface area contributed by atoms with Crippen molar-refractivity contribution in [2.75, 3.05) is 7.11 Å². The Morgan fingerprint density at radius 2 is 2.20 bits per heavy atom. The zero-order valence-corrected chi connectivity index (χ0v) is 9.73. The molecule has 1 aromatic heterocycles. The number of methoxy groups -OCH3 is 1. The lowest BCUT2D eigenvalue weighted by molar-refractivity contribution is -0.0761. The van der Waals surface area contributed by atoms with Crippen LogP contribution in [0.25, 0.3) is 10.8 Å². The first kappa shape index (κ1) is 10.5. The summed E-state index contributed by atoms with van der Waals surface area (Å²) in [6.07, 6.45) is 2.42. The fourth-order valence-corrected chi connectivity index (χ4v) is 2.14. The topological polar surface area (TPSA) is 42.4 Å². The molecule has 0 aliphatic heterocycles. The van der Waals surface area contributed by atoms with E-state index in [0.717, 1.165) is 15.2 Å². The zero-order valence-electron chi connectivity index (χ0n) is 8.14. The van der Waals surface area contributed by atoms with Gasteiger partial charge in [-0.25, -0.2) is 0 Å². The number of hydrogen-bond donors (Lipinski definition) is 1. The Morgan fingerprint density at radius 1 is 1.40 bits per heavy atom. The van der Waals surface area contributed by atoms with E-state index in [4.69, 9.17) is 4.74 Å². The van der Waals surface area contributed by atoms with Crippen molar-refractivity contribution in [3.63, 3.8) is 0 Å². The SMILES string of the molecule is COC(O)c1cncc2cccc(Br)c12. The van der Waals surface area contributed by atoms with E-state index < -0.39 is 6.29 Å². The molecule has 2 aromatic rings. The normalized spacial score (nSPS) is 13.0. The first-order chi connectivity index (χ1) is 7.24. The molecule has 0 saturated heterocycles. The van der Waals surface area contributed by atoms with Crippen molar-refractivity contribution in [3.8, 4) is 0 Å². The number of benzene rings is 1. The average molecular weight is 268 g/mol. The number of aromatic nitrogens is 1. The number of aliphatic hydroxyl groups is 1. The molecule has 0 aliphatic carbocycles. The fraction of sp³-hybridized carbons (Fsp3) is 0.182. The molecule has 0 radical (unpaired) electrons. The van der Waals surface area contributed by atoms with E-state index in [0.29, 0.717) is 5.56 Å². The van der Waals surface area contributed by atoms with E-state index in [1.807, 2.05) is 18.2 Å². The minimum absolute atomic E-state index is 0.669. The summed E-state index contributed by atoms with van der Waals surface area (Å²) in [7, 11) is 1.46. The standard InChI is InChI=1S/C11H10BrNO2/c1-15-11(14)8-6-13-5-7-3-2-4-9(12)10(7)8/h2-6,11,14H,1H3. The molecule has 0 bridgehead atoms. The number of aliphatic hydroxyl groups excluding tert-OH is 1. The summed E-state index contributed by atoms with van der Waals surface area (Å²) in [5.74, 6) is 0. The molecule has 1 heterocycles. The van der Waals surface area contributed by atoms with Crippen LogP contribution < -0.4 is 0 Å². The van der Waals surface area contributed by atoms with E-state index in [2.05, 4.69) is 20.9 Å². The van der Waals surface area contributed by atoms with Gasteiger partial charge in [0.2, 0.25) is 0 Å². The van der Waals surface area contributed by atoms with Crippen LogP contribution in [0.5, 0.6) is 0 Å². The Morgan fingerprint density at radius 3 is 2.93 bits per heavy atom. The number of pyridine rings is 1. The number of rotatable bonds is 2. The van der Waals surface area contributed by atoms with Gasteiger partial charge in [0.05, 0.1) is 0 Å². The molecular formula is C11H10BrNO2. The third-order valence-corrected chi connectivity index (χ3v) is 2.91. The lowest BCUT2D eigenvalue weighted by Crippen LogP contribution is -2.01. The van der Waals surface area contributed by atoms with Crippen LogP contribution in [0.4, 0.5) is 0 Å². The first-order valence-electron chi connectivity index (χ1n) is 4.47. The van der Waals surface area contributed by atoms with E-state index in [9.17, 15) is 5.11 Å². The first-order valence-corrected chi connectivity index (χ1v) is 5.26. The summed E-state index contributed by atoms with van der Waals surface area (Å²) in [4.78, 5) is 4.06. The fourth-order valence-electron chi connectivity index (χ4n) is 1.53. The summed E-state index contributed by atoms with van der Waals surface area (Å²) in [6, 6.07) is 5.80. The van der Waals surface area contributed by atoms with Crippen molar-refractivity contribution in [2.24, 2.45) is 0 Å². The third kappa shape index (κ3) is 1.88. The molecule has 3 nitrogen and oxygen atoms in total. The lowest BCUT2D eigenvalue weighted by atomic mass is 10.1. The van der Waals surface area contributed by atoms with Crippen LogP contribution in [0.2, 0.25) is 0 Å². The number of fused-ring (bicyclic) bond motifs is 1. The Kier molecular flexibility index (Phi) is 3.00. The van der Waals surface area contributed by atoms with Crippen LogP contribution in [-0.4, -0.2) is 17.2 Å². The average Bonchev–Trinajstić information content (AvgIpc) is 2.28. The predicted molar refractivity (Wildman–Crippen MR) is 61.4 cm³/mol. The molecular weight excluding hydrogens is 258 g/mol. The largest absolute Gasteiger partial charge is 0.364 e. The molecule has 15 heavy (non-hydrogen) atoms. The van der Waals surface area contributed by atoms with Gasteiger partial charge in [-0.1, -0.05) is 28.1 Å². The molecule has 0 amide bonds. The van der Waals surface area contributed by atoms with Gasteiger partial charge in [-0.2, -0.15) is 0 Å². The predicted octanol–water partition coefficient (Wildman–Crippen LogP) is 2.63. The van der Waals surface area contributed by atoms with Gasteiger partial charge in [-0.05, 0) is 6.07 Å². The minimum atomic E-state index is -0.945. The van der Waals surface area contributed by atoms with Crippen LogP contribution in [0.15, 0.2) is 35.1 Å². The Balaban J connectivity index is 2.74. The van der Waals surface area contributed by atoms with Gasteiger partial charge < -0.3 is 9.84 Å². The summed E-state index contributed by atoms with van der Waals surface area (Å²) >= 11 is 3.45. The van der Waals surface area contributed by atoms with Crippen LogP contribution in [0, 0.1) is 0 Å². The molecule has 0 spiro atoms. The van der Waals surface area contributed by atoms with Crippen molar-refractivity contribution in [2.45, 2.75) is 6.29 Å². The smallest absolute Gasteiger partial charge is 0.182 e. The summed E-state index contributed by atoms with van der Waals surface area (Å²) < 4.78 is 5.82. The molecule has 2 rings (SSSR count). The van der Waals surface area contributed by atoms with E-state index in [1.165, 1.54) is 7.11 Å². The second kappa shape index (κ2) is 4.26. The molecule has 4 heteroatoms. The van der Waals surface area contributed by atoms with Gasteiger partial charge in [0.1, 0.15) is 0 Å². The maximum atomic E-state index is 9.67. The highest BCUT2D eigenvalue weighted by Gasteiger charge is 2.12.